The van der Waals surface area contributed by atoms with Gasteiger partial charge in [0.25, 0.3) is 0 Å². The Morgan fingerprint density at radius 1 is 0.377 bits per heavy atom. The van der Waals surface area contributed by atoms with Crippen molar-refractivity contribution in [2.45, 2.75) is 0 Å². The molecule has 0 bridgehead atoms. The van der Waals surface area contributed by atoms with Gasteiger partial charge in [0, 0.05) is 49.7 Å². The molecule has 0 aliphatic heterocycles. The number of rotatable bonds is 6. The lowest BCUT2D eigenvalue weighted by molar-refractivity contribution is 0.669. The van der Waals surface area contributed by atoms with E-state index in [0.717, 1.165) is 94.3 Å². The van der Waals surface area contributed by atoms with Gasteiger partial charge in [0.15, 0.2) is 0 Å². The monoisotopic (exact) mass is 678 g/mol. The lowest BCUT2D eigenvalue weighted by Crippen LogP contribution is -2.10. The van der Waals surface area contributed by atoms with Gasteiger partial charge in [-0.05, 0) is 82.9 Å². The number of hydrogen-bond donors (Lipinski definition) is 0. The summed E-state index contributed by atoms with van der Waals surface area (Å²) in [6, 6.07) is 65.0. The molecule has 4 heteroatoms. The van der Waals surface area contributed by atoms with Crippen LogP contribution >= 0.6 is 0 Å². The molecule has 0 saturated carbocycles. The van der Waals surface area contributed by atoms with Crippen LogP contribution in [0.5, 0.6) is 0 Å². The summed E-state index contributed by atoms with van der Waals surface area (Å²) < 4.78 is 12.8. The molecule has 0 aliphatic rings. The van der Waals surface area contributed by atoms with E-state index >= 15 is 0 Å². The minimum absolute atomic E-state index is 0.648. The fourth-order valence-corrected chi connectivity index (χ4v) is 7.54. The summed E-state index contributed by atoms with van der Waals surface area (Å²) in [5, 5.41) is 13.7. The van der Waals surface area contributed by atoms with E-state index in [2.05, 4.69) is 144 Å². The zero-order chi connectivity index (χ0) is 35.3. The van der Waals surface area contributed by atoms with Crippen molar-refractivity contribution in [1.82, 2.24) is 0 Å². The third-order valence-electron chi connectivity index (χ3n) is 10.1. The van der Waals surface area contributed by atoms with Crippen LogP contribution in [0, 0.1) is 11.3 Å². The number of fused-ring (bicyclic) bond motifs is 6. The van der Waals surface area contributed by atoms with E-state index in [4.69, 9.17) is 8.83 Å². The molecule has 0 spiro atoms. The van der Waals surface area contributed by atoms with Crippen LogP contribution in [-0.2, 0) is 0 Å². The van der Waals surface area contributed by atoms with Gasteiger partial charge in [0.05, 0.1) is 11.6 Å². The van der Waals surface area contributed by atoms with Crippen LogP contribution in [0.3, 0.4) is 0 Å². The summed E-state index contributed by atoms with van der Waals surface area (Å²) in [5.74, 6) is 0. The van der Waals surface area contributed by atoms with Gasteiger partial charge in [-0.2, -0.15) is 5.26 Å². The Hall–Kier alpha value is -7.35. The smallest absolute Gasteiger partial charge is 0.143 e. The highest BCUT2D eigenvalue weighted by atomic mass is 16.3. The van der Waals surface area contributed by atoms with E-state index in [0.29, 0.717) is 5.56 Å². The number of nitriles is 1. The second-order valence-corrected chi connectivity index (χ2v) is 13.2. The van der Waals surface area contributed by atoms with Crippen LogP contribution < -0.4 is 4.90 Å². The van der Waals surface area contributed by atoms with Gasteiger partial charge in [-0.15, -0.1) is 0 Å². The minimum atomic E-state index is 0.648. The number of benzene rings is 8. The molecule has 2 heterocycles. The van der Waals surface area contributed by atoms with Gasteiger partial charge in [-0.3, -0.25) is 0 Å². The summed E-state index contributed by atoms with van der Waals surface area (Å²) in [5.41, 5.74) is 13.7. The Kier molecular flexibility index (Phi) is 7.16. The van der Waals surface area contributed by atoms with E-state index in [1.807, 2.05) is 48.5 Å². The molecule has 248 valence electrons. The molecule has 2 aromatic heterocycles. The summed E-state index contributed by atoms with van der Waals surface area (Å²) in [6.45, 7) is 0. The van der Waals surface area contributed by atoms with Crippen LogP contribution in [0.4, 0.5) is 17.1 Å². The van der Waals surface area contributed by atoms with E-state index in [1.165, 1.54) is 0 Å². The number of nitrogens with zero attached hydrogens (tertiary/aromatic N) is 2. The van der Waals surface area contributed by atoms with Crippen LogP contribution in [-0.4, -0.2) is 0 Å². The van der Waals surface area contributed by atoms with E-state index in [-0.39, 0.29) is 0 Å². The van der Waals surface area contributed by atoms with Gasteiger partial charge in [0.2, 0.25) is 0 Å². The first-order chi connectivity index (χ1) is 26.2. The standard InChI is InChI=1S/C49H30N2O2/c50-31-32-18-20-33(21-19-32)34-22-26-37(27-23-34)51(38-28-24-35(25-29-38)40-12-6-14-44-42-10-1-3-16-46(42)52-48(40)44)39-9-5-8-36(30-39)41-13-7-15-45-43-11-2-4-17-47(43)53-49(41)45/h1-30H. The number of furan rings is 2. The van der Waals surface area contributed by atoms with Crippen LogP contribution in [0.2, 0.25) is 0 Å². The highest BCUT2D eigenvalue weighted by Crippen LogP contribution is 2.42. The normalized spacial score (nSPS) is 11.4. The SMILES string of the molecule is N#Cc1ccc(-c2ccc(N(c3ccc(-c4cccc5c4oc4ccccc45)cc3)c3cccc(-c4cccc5c4oc4ccccc45)c3)cc2)cc1. The molecule has 0 fully saturated rings. The number of para-hydroxylation sites is 4. The molecule has 10 rings (SSSR count). The first kappa shape index (κ1) is 30.5. The molecule has 10 aromatic rings. The summed E-state index contributed by atoms with van der Waals surface area (Å²) in [6.07, 6.45) is 0. The fourth-order valence-electron chi connectivity index (χ4n) is 7.54. The largest absolute Gasteiger partial charge is 0.455 e. The Morgan fingerprint density at radius 3 is 1.42 bits per heavy atom. The first-order valence-corrected chi connectivity index (χ1v) is 17.6. The third-order valence-corrected chi connectivity index (χ3v) is 10.1. The molecule has 53 heavy (non-hydrogen) atoms. The average molecular weight is 679 g/mol. The van der Waals surface area contributed by atoms with Crippen molar-refractivity contribution in [1.29, 1.82) is 5.26 Å². The average Bonchev–Trinajstić information content (AvgIpc) is 3.81. The van der Waals surface area contributed by atoms with E-state index < -0.39 is 0 Å². The Labute approximate surface area is 306 Å². The zero-order valence-corrected chi connectivity index (χ0v) is 28.5. The minimum Gasteiger partial charge on any atom is -0.455 e. The lowest BCUT2D eigenvalue weighted by Gasteiger charge is -2.26. The fraction of sp³-hybridized carbons (Fsp3) is 0. The van der Waals surface area contributed by atoms with Crippen molar-refractivity contribution >= 4 is 60.9 Å². The van der Waals surface area contributed by atoms with Gasteiger partial charge < -0.3 is 13.7 Å². The molecule has 8 aromatic carbocycles. The zero-order valence-electron chi connectivity index (χ0n) is 28.5. The maximum absolute atomic E-state index is 9.28. The summed E-state index contributed by atoms with van der Waals surface area (Å²) in [7, 11) is 0. The Morgan fingerprint density at radius 2 is 0.849 bits per heavy atom. The van der Waals surface area contributed by atoms with Crippen molar-refractivity contribution in [3.63, 3.8) is 0 Å². The molecule has 0 saturated heterocycles. The molecule has 0 N–H and O–H groups in total. The van der Waals surface area contributed by atoms with Crippen LogP contribution in [0.25, 0.3) is 77.3 Å². The quantitative estimate of drug-likeness (QED) is 0.176. The summed E-state index contributed by atoms with van der Waals surface area (Å²) in [4.78, 5) is 2.29. The molecule has 0 radical (unpaired) electrons. The Bertz CT molecular complexity index is 3000. The first-order valence-electron chi connectivity index (χ1n) is 17.6. The molecule has 0 amide bonds. The third kappa shape index (κ3) is 5.23. The van der Waals surface area contributed by atoms with Crippen molar-refractivity contribution in [2.75, 3.05) is 4.90 Å². The van der Waals surface area contributed by atoms with Gasteiger partial charge in [-0.1, -0.05) is 121 Å². The predicted molar refractivity (Wildman–Crippen MR) is 217 cm³/mol. The Balaban J connectivity index is 1.09. The van der Waals surface area contributed by atoms with Crippen molar-refractivity contribution in [3.05, 3.63) is 188 Å². The number of hydrogen-bond acceptors (Lipinski definition) is 4. The molecule has 0 atom stereocenters. The van der Waals surface area contributed by atoms with Gasteiger partial charge in [-0.25, -0.2) is 0 Å². The molecular formula is C49H30N2O2. The predicted octanol–water partition coefficient (Wildman–Crippen LogP) is 13.8. The van der Waals surface area contributed by atoms with Crippen LogP contribution in [0.15, 0.2) is 191 Å². The van der Waals surface area contributed by atoms with E-state index in [9.17, 15) is 5.26 Å². The van der Waals surface area contributed by atoms with Crippen molar-refractivity contribution in [3.8, 4) is 39.4 Å². The second-order valence-electron chi connectivity index (χ2n) is 13.2. The maximum Gasteiger partial charge on any atom is 0.143 e. The lowest BCUT2D eigenvalue weighted by atomic mass is 10.00. The van der Waals surface area contributed by atoms with Crippen LogP contribution in [0.1, 0.15) is 5.56 Å². The highest BCUT2D eigenvalue weighted by molar-refractivity contribution is 6.10. The van der Waals surface area contributed by atoms with Crippen molar-refractivity contribution in [2.24, 2.45) is 0 Å². The molecular weight excluding hydrogens is 649 g/mol. The van der Waals surface area contributed by atoms with Gasteiger partial charge >= 0.3 is 0 Å². The van der Waals surface area contributed by atoms with Crippen molar-refractivity contribution < 1.29 is 8.83 Å². The van der Waals surface area contributed by atoms with E-state index in [1.54, 1.807) is 0 Å². The topological polar surface area (TPSA) is 53.3 Å². The molecule has 0 aliphatic carbocycles. The second kappa shape index (κ2) is 12.5. The number of anilines is 3. The maximum atomic E-state index is 9.28. The molecule has 0 unspecified atom stereocenters. The summed E-state index contributed by atoms with van der Waals surface area (Å²) >= 11 is 0. The molecule has 4 nitrogen and oxygen atoms in total. The highest BCUT2D eigenvalue weighted by Gasteiger charge is 2.18. The van der Waals surface area contributed by atoms with Gasteiger partial charge in [0.1, 0.15) is 22.3 Å².